The molecule has 0 bridgehead atoms. The van der Waals surface area contributed by atoms with Gasteiger partial charge in [-0.25, -0.2) is 4.98 Å². The van der Waals surface area contributed by atoms with Gasteiger partial charge >= 0.3 is 0 Å². The third-order valence-corrected chi connectivity index (χ3v) is 7.02. The molecule has 0 amide bonds. The quantitative estimate of drug-likeness (QED) is 0.427. The molecule has 1 aromatic heterocycles. The van der Waals surface area contributed by atoms with Gasteiger partial charge in [0.15, 0.2) is 0 Å². The average molecular weight is 507 g/mol. The summed E-state index contributed by atoms with van der Waals surface area (Å²) < 4.78 is 3.57. The van der Waals surface area contributed by atoms with Crippen molar-refractivity contribution in [3.8, 4) is 0 Å². The van der Waals surface area contributed by atoms with Crippen LogP contribution in [0.5, 0.6) is 0 Å². The van der Waals surface area contributed by atoms with Gasteiger partial charge in [-0.05, 0) is 70.6 Å². The lowest BCUT2D eigenvalue weighted by Crippen LogP contribution is -2.15. The summed E-state index contributed by atoms with van der Waals surface area (Å²) in [5.41, 5.74) is 1.69. The molecule has 0 radical (unpaired) electrons. The molecule has 0 fully saturated rings. The second kappa shape index (κ2) is 5.78. The predicted octanol–water partition coefficient (Wildman–Crippen LogP) is 4.41. The summed E-state index contributed by atoms with van der Waals surface area (Å²) in [4.78, 5) is 7.61. The van der Waals surface area contributed by atoms with Crippen LogP contribution in [0.1, 0.15) is 6.92 Å². The van der Waals surface area contributed by atoms with E-state index in [-0.39, 0.29) is 0 Å². The number of hydrogen-bond acceptors (Lipinski definition) is 3. The van der Waals surface area contributed by atoms with E-state index in [4.69, 9.17) is 0 Å². The van der Waals surface area contributed by atoms with Crippen molar-refractivity contribution in [1.29, 1.82) is 0 Å². The van der Waals surface area contributed by atoms with Crippen LogP contribution in [0.4, 0.5) is 5.95 Å². The fraction of sp³-hybridized carbons (Fsp3) is 0.300. The zero-order valence-corrected chi connectivity index (χ0v) is 15.5. The summed E-state index contributed by atoms with van der Waals surface area (Å²) in [6.45, 7) is 2.16. The number of aliphatic hydroxyl groups excluding tert-OH is 1. The highest BCUT2D eigenvalue weighted by Crippen LogP contribution is 2.42. The number of benzene rings is 1. The Kier molecular flexibility index (Phi) is 4.75. The number of anilines is 1. The highest BCUT2D eigenvalue weighted by Gasteiger charge is 2.17. The zero-order valence-electron chi connectivity index (χ0n) is 9.19. The van der Waals surface area contributed by atoms with E-state index in [2.05, 4.69) is 79.0 Å². The van der Waals surface area contributed by atoms with Crippen LogP contribution in [-0.2, 0) is 0 Å². The van der Waals surface area contributed by atoms with E-state index in [1.165, 1.54) is 0 Å². The normalized spacial score (nSPS) is 13.0. The zero-order chi connectivity index (χ0) is 13.4. The van der Waals surface area contributed by atoms with Gasteiger partial charge in [-0.2, -0.15) is 0 Å². The van der Waals surface area contributed by atoms with Crippen LogP contribution in [0.25, 0.3) is 11.0 Å². The van der Waals surface area contributed by atoms with Crippen LogP contribution in [0.3, 0.4) is 0 Å². The number of aromatic nitrogens is 2. The monoisotopic (exact) mass is 503 g/mol. The van der Waals surface area contributed by atoms with Gasteiger partial charge in [0.1, 0.15) is 5.52 Å². The number of fused-ring (bicyclic) bond motifs is 1. The van der Waals surface area contributed by atoms with E-state index in [0.717, 1.165) is 28.9 Å². The van der Waals surface area contributed by atoms with Gasteiger partial charge < -0.3 is 15.4 Å². The van der Waals surface area contributed by atoms with E-state index in [0.29, 0.717) is 12.5 Å². The maximum atomic E-state index is 9.25. The third kappa shape index (κ3) is 2.77. The van der Waals surface area contributed by atoms with Crippen molar-refractivity contribution in [3.63, 3.8) is 0 Å². The van der Waals surface area contributed by atoms with Crippen molar-refractivity contribution >= 4 is 80.7 Å². The summed E-state index contributed by atoms with van der Waals surface area (Å²) in [5.74, 6) is 0.623. The first-order valence-corrected chi connectivity index (χ1v) is 8.22. The Balaban J connectivity index is 2.51. The lowest BCUT2D eigenvalue weighted by molar-refractivity contribution is 0.208. The maximum Gasteiger partial charge on any atom is 0.201 e. The molecule has 0 saturated carbocycles. The number of H-pyrrole nitrogens is 1. The van der Waals surface area contributed by atoms with Crippen LogP contribution in [0, 0.1) is 0 Å². The van der Waals surface area contributed by atoms with Crippen LogP contribution in [0.2, 0.25) is 0 Å². The number of hydrogen-bond donors (Lipinski definition) is 3. The molecule has 2 aromatic rings. The van der Waals surface area contributed by atoms with Crippen molar-refractivity contribution < 1.29 is 5.11 Å². The highest BCUT2D eigenvalue weighted by atomic mass is 79.9. The first-order valence-electron chi connectivity index (χ1n) is 5.05. The molecule has 0 spiro atoms. The largest absolute Gasteiger partial charge is 0.392 e. The van der Waals surface area contributed by atoms with Gasteiger partial charge in [0.2, 0.25) is 5.95 Å². The standard InChI is InChI=1S/C10H9Br4N3O/c1-3(18)2-15-10-16-8-6(13)4(11)5(12)7(14)9(8)17-10/h3,18H,2H2,1H3,(H2,15,16,17). The Labute approximate surface area is 137 Å². The van der Waals surface area contributed by atoms with Gasteiger partial charge in [0.25, 0.3) is 0 Å². The summed E-state index contributed by atoms with van der Waals surface area (Å²) in [6, 6.07) is 0. The predicted molar refractivity (Wildman–Crippen MR) is 87.1 cm³/mol. The Morgan fingerprint density at radius 2 is 1.78 bits per heavy atom. The summed E-state index contributed by atoms with van der Waals surface area (Å²) >= 11 is 14.0. The molecule has 1 atom stereocenters. The van der Waals surface area contributed by atoms with E-state index in [1.54, 1.807) is 6.92 Å². The van der Waals surface area contributed by atoms with Gasteiger partial charge in [-0.15, -0.1) is 0 Å². The second-order valence-corrected chi connectivity index (χ2v) is 6.97. The van der Waals surface area contributed by atoms with Crippen molar-refractivity contribution in [2.75, 3.05) is 11.9 Å². The lowest BCUT2D eigenvalue weighted by Gasteiger charge is -2.04. The molecule has 0 saturated heterocycles. The van der Waals surface area contributed by atoms with E-state index >= 15 is 0 Å². The van der Waals surface area contributed by atoms with Crippen LogP contribution in [0.15, 0.2) is 17.9 Å². The molecular weight excluding hydrogens is 498 g/mol. The van der Waals surface area contributed by atoms with Crippen LogP contribution in [-0.4, -0.2) is 27.7 Å². The fourth-order valence-corrected chi connectivity index (χ4v) is 3.71. The molecule has 0 aliphatic rings. The minimum atomic E-state index is -0.427. The smallest absolute Gasteiger partial charge is 0.201 e. The number of halogens is 4. The van der Waals surface area contributed by atoms with Crippen molar-refractivity contribution in [3.05, 3.63) is 17.9 Å². The third-order valence-electron chi connectivity index (χ3n) is 2.27. The van der Waals surface area contributed by atoms with Gasteiger partial charge in [-0.3, -0.25) is 0 Å². The summed E-state index contributed by atoms with van der Waals surface area (Å²) in [7, 11) is 0. The number of nitrogens with one attached hydrogen (secondary N) is 2. The summed E-state index contributed by atoms with van der Waals surface area (Å²) in [5, 5.41) is 12.3. The molecule has 1 aromatic carbocycles. The Morgan fingerprint density at radius 3 is 2.39 bits per heavy atom. The molecule has 0 aliphatic heterocycles. The maximum absolute atomic E-state index is 9.25. The summed E-state index contributed by atoms with van der Waals surface area (Å²) in [6.07, 6.45) is -0.427. The number of aliphatic hydroxyl groups is 1. The Hall–Kier alpha value is 0.370. The number of aromatic amines is 1. The fourth-order valence-electron chi connectivity index (χ4n) is 1.43. The van der Waals surface area contributed by atoms with Crippen LogP contribution < -0.4 is 5.32 Å². The molecule has 0 aliphatic carbocycles. The van der Waals surface area contributed by atoms with Crippen molar-refractivity contribution in [2.45, 2.75) is 13.0 Å². The first kappa shape index (κ1) is 14.8. The second-order valence-electron chi connectivity index (χ2n) is 3.79. The average Bonchev–Trinajstić information content (AvgIpc) is 2.75. The van der Waals surface area contributed by atoms with Gasteiger partial charge in [-0.1, -0.05) is 0 Å². The van der Waals surface area contributed by atoms with E-state index in [9.17, 15) is 5.11 Å². The molecule has 2 rings (SSSR count). The Bertz CT molecular complexity index is 552. The van der Waals surface area contributed by atoms with E-state index in [1.807, 2.05) is 0 Å². The topological polar surface area (TPSA) is 60.9 Å². The van der Waals surface area contributed by atoms with Gasteiger partial charge in [0.05, 0.1) is 20.6 Å². The molecular formula is C10H9Br4N3O. The number of rotatable bonds is 3. The molecule has 3 N–H and O–H groups in total. The first-order chi connectivity index (χ1) is 8.41. The molecule has 1 unspecified atom stereocenters. The van der Waals surface area contributed by atoms with Gasteiger partial charge in [0, 0.05) is 15.5 Å². The lowest BCUT2D eigenvalue weighted by atomic mass is 10.3. The van der Waals surface area contributed by atoms with Crippen molar-refractivity contribution in [2.24, 2.45) is 0 Å². The molecule has 1 heterocycles. The van der Waals surface area contributed by atoms with E-state index < -0.39 is 6.10 Å². The number of nitrogens with zero attached hydrogens (tertiary/aromatic N) is 1. The van der Waals surface area contributed by atoms with Crippen molar-refractivity contribution in [1.82, 2.24) is 9.97 Å². The minimum Gasteiger partial charge on any atom is -0.392 e. The minimum absolute atomic E-state index is 0.427. The highest BCUT2D eigenvalue weighted by molar-refractivity contribution is 9.15. The molecule has 18 heavy (non-hydrogen) atoms. The Morgan fingerprint density at radius 1 is 1.17 bits per heavy atom. The number of imidazole rings is 1. The van der Waals surface area contributed by atoms with Crippen LogP contribution >= 0.6 is 63.7 Å². The molecule has 8 heteroatoms. The SMILES string of the molecule is CC(O)CNc1nc2c(Br)c(Br)c(Br)c(Br)c2[nH]1. The molecule has 98 valence electrons. The molecule has 4 nitrogen and oxygen atoms in total.